The Bertz CT molecular complexity index is 409. The van der Waals surface area contributed by atoms with Crippen molar-refractivity contribution in [2.24, 2.45) is 0 Å². The van der Waals surface area contributed by atoms with Crippen LogP contribution in [-0.4, -0.2) is 12.4 Å². The van der Waals surface area contributed by atoms with Crippen molar-refractivity contribution < 1.29 is 14.3 Å². The van der Waals surface area contributed by atoms with Crippen LogP contribution in [0, 0.1) is 0 Å². The highest BCUT2D eigenvalue weighted by Crippen LogP contribution is 2.27. The maximum atomic E-state index is 11.3. The third-order valence-electron chi connectivity index (χ3n) is 2.42. The zero-order valence-corrected chi connectivity index (χ0v) is 9.18. The summed E-state index contributed by atoms with van der Waals surface area (Å²) in [7, 11) is 0. The molecule has 1 heterocycles. The van der Waals surface area contributed by atoms with Gasteiger partial charge in [0.1, 0.15) is 11.9 Å². The van der Waals surface area contributed by atoms with Gasteiger partial charge in [0.15, 0.2) is 5.78 Å². The van der Waals surface area contributed by atoms with E-state index in [9.17, 15) is 4.79 Å². The topological polar surface area (TPSA) is 35.5 Å². The molecule has 1 aliphatic heterocycles. The lowest BCUT2D eigenvalue weighted by atomic mass is 10.0. The molecule has 1 aliphatic rings. The summed E-state index contributed by atoms with van der Waals surface area (Å²) in [4.78, 5) is 11.3. The van der Waals surface area contributed by atoms with Gasteiger partial charge < -0.3 is 9.47 Å². The van der Waals surface area contributed by atoms with Crippen molar-refractivity contribution in [2.45, 2.75) is 19.4 Å². The van der Waals surface area contributed by atoms with Gasteiger partial charge in [-0.1, -0.05) is 12.1 Å². The molecule has 1 atom stereocenters. The van der Waals surface area contributed by atoms with E-state index in [4.69, 9.17) is 9.47 Å². The molecule has 3 nitrogen and oxygen atoms in total. The summed E-state index contributed by atoms with van der Waals surface area (Å²) in [5.41, 5.74) is 0.976. The van der Waals surface area contributed by atoms with Gasteiger partial charge in [-0.25, -0.2) is 0 Å². The van der Waals surface area contributed by atoms with Gasteiger partial charge in [0.2, 0.25) is 0 Å². The molecule has 0 saturated heterocycles. The second-order valence-electron chi connectivity index (χ2n) is 3.60. The van der Waals surface area contributed by atoms with Crippen molar-refractivity contribution in [3.05, 3.63) is 42.2 Å². The van der Waals surface area contributed by atoms with E-state index < -0.39 is 0 Å². The SMILES string of the molecule is CCOc1cccc(C2CC(=O)C=CO2)c1. The van der Waals surface area contributed by atoms with E-state index in [0.717, 1.165) is 11.3 Å². The second-order valence-corrected chi connectivity index (χ2v) is 3.60. The molecule has 0 radical (unpaired) electrons. The highest BCUT2D eigenvalue weighted by Gasteiger charge is 2.18. The van der Waals surface area contributed by atoms with Gasteiger partial charge in [0.05, 0.1) is 19.3 Å². The van der Waals surface area contributed by atoms with E-state index in [-0.39, 0.29) is 11.9 Å². The van der Waals surface area contributed by atoms with Crippen molar-refractivity contribution in [3.8, 4) is 5.75 Å². The number of benzene rings is 1. The maximum absolute atomic E-state index is 11.3. The summed E-state index contributed by atoms with van der Waals surface area (Å²) in [6.45, 7) is 2.57. The fourth-order valence-corrected chi connectivity index (χ4v) is 1.68. The molecule has 0 N–H and O–H groups in total. The zero-order chi connectivity index (χ0) is 11.4. The molecule has 2 rings (SSSR count). The van der Waals surface area contributed by atoms with E-state index in [0.29, 0.717) is 13.0 Å². The zero-order valence-electron chi connectivity index (χ0n) is 9.18. The minimum absolute atomic E-state index is 0.0954. The van der Waals surface area contributed by atoms with E-state index in [1.54, 1.807) is 0 Å². The molecular weight excluding hydrogens is 204 g/mol. The minimum Gasteiger partial charge on any atom is -0.494 e. The molecule has 0 aliphatic carbocycles. The monoisotopic (exact) mass is 218 g/mol. The fraction of sp³-hybridized carbons (Fsp3) is 0.308. The van der Waals surface area contributed by atoms with Gasteiger partial charge in [-0.2, -0.15) is 0 Å². The van der Waals surface area contributed by atoms with Gasteiger partial charge in [0.25, 0.3) is 0 Å². The van der Waals surface area contributed by atoms with Crippen LogP contribution >= 0.6 is 0 Å². The summed E-state index contributed by atoms with van der Waals surface area (Å²) < 4.78 is 10.8. The molecule has 3 heteroatoms. The predicted molar refractivity (Wildman–Crippen MR) is 60.2 cm³/mol. The van der Waals surface area contributed by atoms with Gasteiger partial charge in [-0.05, 0) is 24.6 Å². The Morgan fingerprint density at radius 1 is 1.50 bits per heavy atom. The summed E-state index contributed by atoms with van der Waals surface area (Å²) in [6.07, 6.45) is 3.14. The average Bonchev–Trinajstić information content (AvgIpc) is 2.30. The smallest absolute Gasteiger partial charge is 0.162 e. The van der Waals surface area contributed by atoms with Gasteiger partial charge in [-0.3, -0.25) is 4.79 Å². The van der Waals surface area contributed by atoms with Crippen molar-refractivity contribution in [1.29, 1.82) is 0 Å². The molecule has 16 heavy (non-hydrogen) atoms. The lowest BCUT2D eigenvalue weighted by Gasteiger charge is -2.19. The number of rotatable bonds is 3. The van der Waals surface area contributed by atoms with Crippen LogP contribution in [-0.2, 0) is 9.53 Å². The number of ketones is 1. The lowest BCUT2D eigenvalue weighted by molar-refractivity contribution is -0.118. The Kier molecular flexibility index (Phi) is 3.25. The molecular formula is C13H14O3. The highest BCUT2D eigenvalue weighted by molar-refractivity contribution is 5.90. The van der Waals surface area contributed by atoms with Gasteiger partial charge >= 0.3 is 0 Å². The van der Waals surface area contributed by atoms with E-state index >= 15 is 0 Å². The maximum Gasteiger partial charge on any atom is 0.162 e. The highest BCUT2D eigenvalue weighted by atomic mass is 16.5. The lowest BCUT2D eigenvalue weighted by Crippen LogP contribution is -2.11. The first-order valence-corrected chi connectivity index (χ1v) is 5.37. The largest absolute Gasteiger partial charge is 0.494 e. The number of hydrogen-bond acceptors (Lipinski definition) is 3. The van der Waals surface area contributed by atoms with Crippen LogP contribution in [0.1, 0.15) is 25.0 Å². The standard InChI is InChI=1S/C13H14O3/c1-2-15-12-5-3-4-10(8-12)13-9-11(14)6-7-16-13/h3-8,13H,2,9H2,1H3. The molecule has 0 fully saturated rings. The van der Waals surface area contributed by atoms with Crippen LogP contribution in [0.4, 0.5) is 0 Å². The van der Waals surface area contributed by atoms with Crippen molar-refractivity contribution >= 4 is 5.78 Å². The van der Waals surface area contributed by atoms with E-state index in [2.05, 4.69) is 0 Å². The summed E-state index contributed by atoms with van der Waals surface area (Å²) >= 11 is 0. The molecule has 0 bridgehead atoms. The van der Waals surface area contributed by atoms with Crippen LogP contribution in [0.15, 0.2) is 36.6 Å². The first-order chi connectivity index (χ1) is 7.79. The Labute approximate surface area is 94.7 Å². The van der Waals surface area contributed by atoms with Crippen LogP contribution in [0.25, 0.3) is 0 Å². The number of allylic oxidation sites excluding steroid dienone is 1. The molecule has 0 aromatic heterocycles. The van der Waals surface area contributed by atoms with Gasteiger partial charge in [0, 0.05) is 6.08 Å². The molecule has 1 unspecified atom stereocenters. The molecule has 0 amide bonds. The quantitative estimate of drug-likeness (QED) is 0.782. The number of hydrogen-bond donors (Lipinski definition) is 0. The van der Waals surface area contributed by atoms with Crippen molar-refractivity contribution in [1.82, 2.24) is 0 Å². The first kappa shape index (κ1) is 10.7. The third-order valence-corrected chi connectivity index (χ3v) is 2.42. The van der Waals surface area contributed by atoms with Crippen molar-refractivity contribution in [3.63, 3.8) is 0 Å². The average molecular weight is 218 g/mol. The first-order valence-electron chi connectivity index (χ1n) is 5.37. The van der Waals surface area contributed by atoms with E-state index in [1.807, 2.05) is 31.2 Å². The second kappa shape index (κ2) is 4.84. The summed E-state index contributed by atoms with van der Waals surface area (Å²) in [5.74, 6) is 0.906. The Balaban J connectivity index is 2.17. The Morgan fingerprint density at radius 2 is 2.38 bits per heavy atom. The Hall–Kier alpha value is -1.77. The third kappa shape index (κ3) is 2.42. The number of carbonyl (C=O) groups is 1. The minimum atomic E-state index is -0.182. The van der Waals surface area contributed by atoms with Crippen LogP contribution in [0.3, 0.4) is 0 Å². The molecule has 1 aromatic rings. The van der Waals surface area contributed by atoms with Crippen molar-refractivity contribution in [2.75, 3.05) is 6.61 Å². The molecule has 0 spiro atoms. The molecule has 0 saturated carbocycles. The van der Waals surface area contributed by atoms with Gasteiger partial charge in [-0.15, -0.1) is 0 Å². The predicted octanol–water partition coefficient (Wildman–Crippen LogP) is 2.63. The van der Waals surface area contributed by atoms with Crippen LogP contribution in [0.5, 0.6) is 5.75 Å². The normalized spacial score (nSPS) is 19.3. The Morgan fingerprint density at radius 3 is 3.12 bits per heavy atom. The molecule has 1 aromatic carbocycles. The summed E-state index contributed by atoms with van der Waals surface area (Å²) in [5, 5.41) is 0. The fourth-order valence-electron chi connectivity index (χ4n) is 1.68. The summed E-state index contributed by atoms with van der Waals surface area (Å²) in [6, 6.07) is 7.67. The number of carbonyl (C=O) groups excluding carboxylic acids is 1. The van der Waals surface area contributed by atoms with Crippen LogP contribution < -0.4 is 4.74 Å². The van der Waals surface area contributed by atoms with Crippen LogP contribution in [0.2, 0.25) is 0 Å². The van der Waals surface area contributed by atoms with E-state index in [1.165, 1.54) is 12.3 Å². The number of ether oxygens (including phenoxy) is 2. The molecule has 84 valence electrons.